The van der Waals surface area contributed by atoms with Crippen LogP contribution in [0.5, 0.6) is 0 Å². The first-order valence-corrected chi connectivity index (χ1v) is 13.0. The Labute approximate surface area is 223 Å². The molecule has 3 aromatic rings. The maximum absolute atomic E-state index is 3.85. The van der Waals surface area contributed by atoms with E-state index >= 15 is 0 Å². The van der Waals surface area contributed by atoms with Gasteiger partial charge in [-0.1, -0.05) is 83.9 Å². The lowest BCUT2D eigenvalue weighted by molar-refractivity contribution is 1.41. The molecule has 0 atom stereocenters. The second-order valence-electron chi connectivity index (χ2n) is 7.49. The minimum atomic E-state index is 0.906. The van der Waals surface area contributed by atoms with Gasteiger partial charge in [-0.25, -0.2) is 0 Å². The van der Waals surface area contributed by atoms with Gasteiger partial charge in [0.1, 0.15) is 0 Å². The third-order valence-corrected chi connectivity index (χ3v) is 7.32. The third-order valence-electron chi connectivity index (χ3n) is 5.35. The summed E-state index contributed by atoms with van der Waals surface area (Å²) in [6.07, 6.45) is 0. The molecule has 0 nitrogen and oxygen atoms in total. The van der Waals surface area contributed by atoms with Gasteiger partial charge in [-0.15, -0.1) is 17.8 Å². The second kappa shape index (κ2) is 11.3. The van der Waals surface area contributed by atoms with Crippen LogP contribution in [0.3, 0.4) is 0 Å². The summed E-state index contributed by atoms with van der Waals surface area (Å²) in [4.78, 5) is 0. The molecule has 33 heavy (non-hydrogen) atoms. The van der Waals surface area contributed by atoms with Crippen LogP contribution in [0.2, 0.25) is 6.82 Å². The van der Waals surface area contributed by atoms with Crippen LogP contribution in [0.4, 0.5) is 0 Å². The standard InChI is InChI=1S/C29H22BBr3/c1-6-9-19-14-27(31)23(12-18(19)4)25-16-26(30-5)22(17-29(25)33)24-13-20(10-7-2)21(11-8-3)15-28(24)32/h12-17,30H,1-5H3. The van der Waals surface area contributed by atoms with Gasteiger partial charge in [0.15, 0.2) is 7.28 Å². The first-order chi connectivity index (χ1) is 15.8. The quantitative estimate of drug-likeness (QED) is 0.207. The van der Waals surface area contributed by atoms with E-state index in [1.54, 1.807) is 0 Å². The highest BCUT2D eigenvalue weighted by molar-refractivity contribution is 9.11. The van der Waals surface area contributed by atoms with E-state index in [1.807, 2.05) is 20.8 Å². The van der Waals surface area contributed by atoms with E-state index < -0.39 is 0 Å². The van der Waals surface area contributed by atoms with Gasteiger partial charge in [-0.05, 0) is 85.8 Å². The topological polar surface area (TPSA) is 0 Å². The monoisotopic (exact) mass is 618 g/mol. The molecule has 0 bridgehead atoms. The van der Waals surface area contributed by atoms with Crippen molar-refractivity contribution in [3.8, 4) is 57.8 Å². The summed E-state index contributed by atoms with van der Waals surface area (Å²) in [5, 5.41) is 0. The molecule has 0 fully saturated rings. The summed E-state index contributed by atoms with van der Waals surface area (Å²) < 4.78 is 3.08. The predicted octanol–water partition coefficient (Wildman–Crippen LogP) is 7.84. The van der Waals surface area contributed by atoms with Crippen molar-refractivity contribution in [2.75, 3.05) is 0 Å². The number of aryl methyl sites for hydroxylation is 1. The molecule has 3 aromatic carbocycles. The second-order valence-corrected chi connectivity index (χ2v) is 10.1. The van der Waals surface area contributed by atoms with Gasteiger partial charge in [0, 0.05) is 30.1 Å². The fourth-order valence-electron chi connectivity index (χ4n) is 3.78. The lowest BCUT2D eigenvalue weighted by Gasteiger charge is -2.17. The molecule has 0 saturated carbocycles. The fraction of sp³-hybridized carbons (Fsp3) is 0.172. The smallest absolute Gasteiger partial charge is 0.101 e. The predicted molar refractivity (Wildman–Crippen MR) is 155 cm³/mol. The van der Waals surface area contributed by atoms with E-state index in [1.165, 1.54) is 11.0 Å². The molecule has 0 radical (unpaired) electrons. The average Bonchev–Trinajstić information content (AvgIpc) is 2.78. The minimum absolute atomic E-state index is 0.906. The average molecular weight is 621 g/mol. The van der Waals surface area contributed by atoms with Crippen LogP contribution in [0.15, 0.2) is 49.8 Å². The molecule has 0 aliphatic carbocycles. The van der Waals surface area contributed by atoms with E-state index in [2.05, 4.69) is 133 Å². The van der Waals surface area contributed by atoms with Crippen molar-refractivity contribution in [3.63, 3.8) is 0 Å². The summed E-state index contributed by atoms with van der Waals surface area (Å²) in [5.41, 5.74) is 9.94. The molecule has 0 unspecified atom stereocenters. The molecule has 0 aliphatic heterocycles. The highest BCUT2D eigenvalue weighted by Crippen LogP contribution is 2.38. The van der Waals surface area contributed by atoms with Gasteiger partial charge in [-0.3, -0.25) is 0 Å². The van der Waals surface area contributed by atoms with Crippen molar-refractivity contribution in [3.05, 3.63) is 72.1 Å². The van der Waals surface area contributed by atoms with Gasteiger partial charge in [0.25, 0.3) is 0 Å². The zero-order chi connectivity index (χ0) is 24.1. The Hall–Kier alpha value is -2.16. The van der Waals surface area contributed by atoms with Gasteiger partial charge < -0.3 is 0 Å². The van der Waals surface area contributed by atoms with E-state index in [0.29, 0.717) is 0 Å². The van der Waals surface area contributed by atoms with Crippen LogP contribution >= 0.6 is 47.8 Å². The summed E-state index contributed by atoms with van der Waals surface area (Å²) in [6, 6.07) is 13.0. The number of halogens is 3. The van der Waals surface area contributed by atoms with Crippen LogP contribution in [0, 0.1) is 42.4 Å². The molecule has 3 rings (SSSR count). The fourth-order valence-corrected chi connectivity index (χ4v) is 5.45. The molecule has 0 saturated heterocycles. The van der Waals surface area contributed by atoms with Crippen LogP contribution in [0.1, 0.15) is 43.0 Å². The van der Waals surface area contributed by atoms with E-state index in [-0.39, 0.29) is 0 Å². The van der Waals surface area contributed by atoms with Gasteiger partial charge in [0.05, 0.1) is 0 Å². The van der Waals surface area contributed by atoms with Gasteiger partial charge in [-0.2, -0.15) is 0 Å². The van der Waals surface area contributed by atoms with Crippen molar-refractivity contribution < 1.29 is 0 Å². The van der Waals surface area contributed by atoms with E-state index in [4.69, 9.17) is 0 Å². The van der Waals surface area contributed by atoms with Crippen LogP contribution in [-0.4, -0.2) is 7.28 Å². The normalized spacial score (nSPS) is 9.70. The molecular weight excluding hydrogens is 599 g/mol. The Balaban J connectivity index is 2.24. The molecule has 162 valence electrons. The third kappa shape index (κ3) is 5.50. The summed E-state index contributed by atoms with van der Waals surface area (Å²) in [7, 11) is 0.906. The molecule has 0 heterocycles. The van der Waals surface area contributed by atoms with Crippen LogP contribution in [-0.2, 0) is 0 Å². The summed E-state index contributed by atoms with van der Waals surface area (Å²) in [6.45, 7) is 9.85. The van der Waals surface area contributed by atoms with Crippen molar-refractivity contribution in [2.24, 2.45) is 0 Å². The first-order valence-electron chi connectivity index (χ1n) is 10.6. The zero-order valence-corrected chi connectivity index (χ0v) is 24.1. The van der Waals surface area contributed by atoms with E-state index in [9.17, 15) is 0 Å². The first kappa shape index (κ1) is 25.5. The van der Waals surface area contributed by atoms with E-state index in [0.717, 1.165) is 59.6 Å². The maximum atomic E-state index is 3.85. The number of benzene rings is 3. The lowest BCUT2D eigenvalue weighted by atomic mass is 9.69. The Morgan fingerprint density at radius 1 is 0.576 bits per heavy atom. The number of hydrogen-bond acceptors (Lipinski definition) is 0. The Kier molecular flexibility index (Phi) is 8.73. The Morgan fingerprint density at radius 2 is 1.03 bits per heavy atom. The minimum Gasteiger partial charge on any atom is -0.101 e. The largest absolute Gasteiger partial charge is 0.155 e. The Bertz CT molecular complexity index is 1430. The number of rotatable bonds is 3. The zero-order valence-electron chi connectivity index (χ0n) is 19.3. The van der Waals surface area contributed by atoms with Crippen LogP contribution in [0.25, 0.3) is 22.3 Å². The van der Waals surface area contributed by atoms with Gasteiger partial charge >= 0.3 is 0 Å². The molecule has 0 aromatic heterocycles. The summed E-state index contributed by atoms with van der Waals surface area (Å²) in [5.74, 6) is 18.6. The summed E-state index contributed by atoms with van der Waals surface area (Å²) >= 11 is 11.4. The SMILES string of the molecule is CBc1cc(-c2cc(C)c(C#CC)cc2Br)c(Br)cc1-c1cc(C#CC)c(C#CC)cc1Br. The molecule has 0 spiro atoms. The Morgan fingerprint density at radius 3 is 1.61 bits per heavy atom. The van der Waals surface area contributed by atoms with Crippen molar-refractivity contribution >= 4 is 60.5 Å². The molecule has 0 N–H and O–H groups in total. The number of hydrogen-bond donors (Lipinski definition) is 0. The van der Waals surface area contributed by atoms with Crippen molar-refractivity contribution in [1.82, 2.24) is 0 Å². The van der Waals surface area contributed by atoms with Crippen molar-refractivity contribution in [1.29, 1.82) is 0 Å². The van der Waals surface area contributed by atoms with Crippen molar-refractivity contribution in [2.45, 2.75) is 34.5 Å². The highest BCUT2D eigenvalue weighted by Gasteiger charge is 2.17. The molecule has 4 heteroatoms. The van der Waals surface area contributed by atoms with Crippen LogP contribution < -0.4 is 5.46 Å². The van der Waals surface area contributed by atoms with Gasteiger partial charge in [0.2, 0.25) is 0 Å². The molecule has 0 amide bonds. The lowest BCUT2D eigenvalue weighted by Crippen LogP contribution is -2.15. The highest BCUT2D eigenvalue weighted by atomic mass is 79.9. The molecule has 0 aliphatic rings. The maximum Gasteiger partial charge on any atom is 0.155 e. The molecular formula is C29H22BBr3.